The van der Waals surface area contributed by atoms with Gasteiger partial charge in [-0.15, -0.1) is 0 Å². The second-order valence-electron chi connectivity index (χ2n) is 4.60. The SMILES string of the molecule is CC1(C)CC(O)Cc2ccccc21. The van der Waals surface area contributed by atoms with Crippen LogP contribution in [0.4, 0.5) is 0 Å². The van der Waals surface area contributed by atoms with E-state index in [0.29, 0.717) is 0 Å². The lowest BCUT2D eigenvalue weighted by Gasteiger charge is -2.35. The van der Waals surface area contributed by atoms with Crippen molar-refractivity contribution in [2.75, 3.05) is 0 Å². The van der Waals surface area contributed by atoms with E-state index in [2.05, 4.69) is 32.0 Å². The molecular weight excluding hydrogens is 160 g/mol. The molecule has 1 aromatic carbocycles. The smallest absolute Gasteiger partial charge is 0.0589 e. The number of rotatable bonds is 0. The highest BCUT2D eigenvalue weighted by molar-refractivity contribution is 5.36. The zero-order valence-corrected chi connectivity index (χ0v) is 8.25. The Kier molecular flexibility index (Phi) is 1.92. The summed E-state index contributed by atoms with van der Waals surface area (Å²) in [7, 11) is 0. The van der Waals surface area contributed by atoms with Gasteiger partial charge in [-0.3, -0.25) is 0 Å². The number of aliphatic hydroxyl groups is 1. The van der Waals surface area contributed by atoms with Crippen molar-refractivity contribution < 1.29 is 5.11 Å². The third-order valence-corrected chi connectivity index (χ3v) is 2.95. The second-order valence-corrected chi connectivity index (χ2v) is 4.60. The molecule has 1 aliphatic carbocycles. The van der Waals surface area contributed by atoms with Crippen LogP contribution in [0.15, 0.2) is 24.3 Å². The molecule has 1 atom stereocenters. The molecule has 1 unspecified atom stereocenters. The van der Waals surface area contributed by atoms with Gasteiger partial charge < -0.3 is 5.11 Å². The minimum atomic E-state index is -0.162. The van der Waals surface area contributed by atoms with Crippen molar-refractivity contribution in [1.29, 1.82) is 0 Å². The summed E-state index contributed by atoms with van der Waals surface area (Å²) in [5.41, 5.74) is 2.85. The third-order valence-electron chi connectivity index (χ3n) is 2.95. The topological polar surface area (TPSA) is 20.2 Å². The molecule has 70 valence electrons. The van der Waals surface area contributed by atoms with E-state index in [1.165, 1.54) is 11.1 Å². The highest BCUT2D eigenvalue weighted by Crippen LogP contribution is 2.36. The van der Waals surface area contributed by atoms with E-state index < -0.39 is 0 Å². The molecule has 0 aromatic heterocycles. The third kappa shape index (κ3) is 1.49. The molecule has 1 nitrogen and oxygen atoms in total. The first-order chi connectivity index (χ1) is 6.09. The predicted molar refractivity (Wildman–Crippen MR) is 53.8 cm³/mol. The second kappa shape index (κ2) is 2.85. The molecule has 0 saturated heterocycles. The van der Waals surface area contributed by atoms with Gasteiger partial charge >= 0.3 is 0 Å². The summed E-state index contributed by atoms with van der Waals surface area (Å²) in [6, 6.07) is 8.44. The average Bonchev–Trinajstić information content (AvgIpc) is 2.02. The Balaban J connectivity index is 2.50. The van der Waals surface area contributed by atoms with Crippen molar-refractivity contribution in [1.82, 2.24) is 0 Å². The van der Waals surface area contributed by atoms with Gasteiger partial charge in [-0.1, -0.05) is 38.1 Å². The molecule has 0 saturated carbocycles. The van der Waals surface area contributed by atoms with Crippen molar-refractivity contribution in [3.05, 3.63) is 35.4 Å². The summed E-state index contributed by atoms with van der Waals surface area (Å²) in [5.74, 6) is 0. The summed E-state index contributed by atoms with van der Waals surface area (Å²) >= 11 is 0. The Morgan fingerprint density at radius 3 is 2.77 bits per heavy atom. The van der Waals surface area contributed by atoms with Gasteiger partial charge in [0.15, 0.2) is 0 Å². The van der Waals surface area contributed by atoms with E-state index in [4.69, 9.17) is 0 Å². The summed E-state index contributed by atoms with van der Waals surface area (Å²) in [4.78, 5) is 0. The lowest BCUT2D eigenvalue weighted by molar-refractivity contribution is 0.128. The van der Waals surface area contributed by atoms with Crippen molar-refractivity contribution in [2.45, 2.75) is 38.2 Å². The maximum Gasteiger partial charge on any atom is 0.0589 e. The number of aliphatic hydroxyl groups excluding tert-OH is 1. The minimum Gasteiger partial charge on any atom is -0.393 e. The molecule has 1 N–H and O–H groups in total. The monoisotopic (exact) mass is 176 g/mol. The summed E-state index contributed by atoms with van der Waals surface area (Å²) < 4.78 is 0. The van der Waals surface area contributed by atoms with Crippen LogP contribution >= 0.6 is 0 Å². The van der Waals surface area contributed by atoms with Gasteiger partial charge in [-0.25, -0.2) is 0 Å². The molecule has 0 fully saturated rings. The molecule has 2 rings (SSSR count). The molecule has 1 heteroatoms. The first kappa shape index (κ1) is 8.76. The van der Waals surface area contributed by atoms with Crippen LogP contribution in [0.3, 0.4) is 0 Å². The molecular formula is C12H16O. The average molecular weight is 176 g/mol. The molecule has 13 heavy (non-hydrogen) atoms. The van der Waals surface area contributed by atoms with E-state index in [1.807, 2.05) is 6.07 Å². The normalized spacial score (nSPS) is 25.3. The predicted octanol–water partition coefficient (Wildman–Crippen LogP) is 2.27. The fourth-order valence-electron chi connectivity index (χ4n) is 2.38. The van der Waals surface area contributed by atoms with E-state index in [1.54, 1.807) is 0 Å². The minimum absolute atomic E-state index is 0.133. The van der Waals surface area contributed by atoms with Gasteiger partial charge in [-0.05, 0) is 29.4 Å². The quantitative estimate of drug-likeness (QED) is 0.643. The molecule has 0 aliphatic heterocycles. The van der Waals surface area contributed by atoms with Crippen molar-refractivity contribution >= 4 is 0 Å². The van der Waals surface area contributed by atoms with E-state index >= 15 is 0 Å². The Hall–Kier alpha value is -0.820. The summed E-state index contributed by atoms with van der Waals surface area (Å²) in [6.45, 7) is 4.41. The van der Waals surface area contributed by atoms with Gasteiger partial charge in [0, 0.05) is 0 Å². The molecule has 1 aliphatic rings. The Morgan fingerprint density at radius 1 is 1.31 bits per heavy atom. The van der Waals surface area contributed by atoms with Crippen molar-refractivity contribution in [3.63, 3.8) is 0 Å². The highest BCUT2D eigenvalue weighted by atomic mass is 16.3. The van der Waals surface area contributed by atoms with Crippen LogP contribution in [0.1, 0.15) is 31.4 Å². The van der Waals surface area contributed by atoms with E-state index in [9.17, 15) is 5.11 Å². The fourth-order valence-corrected chi connectivity index (χ4v) is 2.38. The van der Waals surface area contributed by atoms with Crippen LogP contribution in [-0.2, 0) is 11.8 Å². The fraction of sp³-hybridized carbons (Fsp3) is 0.500. The summed E-state index contributed by atoms with van der Waals surface area (Å²) in [6.07, 6.45) is 1.54. The van der Waals surface area contributed by atoms with Gasteiger partial charge in [0.05, 0.1) is 6.10 Å². The Labute approximate surface area is 79.4 Å². The molecule has 0 spiro atoms. The lowest BCUT2D eigenvalue weighted by Crippen LogP contribution is -2.32. The van der Waals surface area contributed by atoms with Crippen LogP contribution in [0, 0.1) is 0 Å². The standard InChI is InChI=1S/C12H16O/c1-12(2)8-10(13)7-9-5-3-4-6-11(9)12/h3-6,10,13H,7-8H2,1-2H3. The molecule has 0 radical (unpaired) electrons. The number of hydrogen-bond acceptors (Lipinski definition) is 1. The summed E-state index contributed by atoms with van der Waals surface area (Å²) in [5, 5.41) is 9.69. The van der Waals surface area contributed by atoms with E-state index in [-0.39, 0.29) is 11.5 Å². The number of hydrogen-bond donors (Lipinski definition) is 1. The number of benzene rings is 1. The maximum atomic E-state index is 9.69. The maximum absolute atomic E-state index is 9.69. The zero-order chi connectivity index (χ0) is 9.47. The number of fused-ring (bicyclic) bond motifs is 1. The highest BCUT2D eigenvalue weighted by Gasteiger charge is 2.31. The van der Waals surface area contributed by atoms with Gasteiger partial charge in [0.25, 0.3) is 0 Å². The molecule has 0 bridgehead atoms. The first-order valence-electron chi connectivity index (χ1n) is 4.86. The zero-order valence-electron chi connectivity index (χ0n) is 8.25. The van der Waals surface area contributed by atoms with Crippen LogP contribution in [0.2, 0.25) is 0 Å². The van der Waals surface area contributed by atoms with Crippen LogP contribution in [-0.4, -0.2) is 11.2 Å². The van der Waals surface area contributed by atoms with Crippen molar-refractivity contribution in [2.24, 2.45) is 0 Å². The first-order valence-corrected chi connectivity index (χ1v) is 4.86. The van der Waals surface area contributed by atoms with Crippen LogP contribution in [0.5, 0.6) is 0 Å². The largest absolute Gasteiger partial charge is 0.393 e. The van der Waals surface area contributed by atoms with Gasteiger partial charge in [0.1, 0.15) is 0 Å². The van der Waals surface area contributed by atoms with Gasteiger partial charge in [0.2, 0.25) is 0 Å². The van der Waals surface area contributed by atoms with Crippen LogP contribution in [0.25, 0.3) is 0 Å². The van der Waals surface area contributed by atoms with E-state index in [0.717, 1.165) is 12.8 Å². The molecule has 0 heterocycles. The van der Waals surface area contributed by atoms with Crippen LogP contribution < -0.4 is 0 Å². The Morgan fingerprint density at radius 2 is 2.00 bits per heavy atom. The molecule has 0 amide bonds. The molecule has 1 aromatic rings. The Bertz CT molecular complexity index is 315. The van der Waals surface area contributed by atoms with Gasteiger partial charge in [-0.2, -0.15) is 0 Å². The lowest BCUT2D eigenvalue weighted by atomic mass is 9.72. The van der Waals surface area contributed by atoms with Crippen molar-refractivity contribution in [3.8, 4) is 0 Å².